The van der Waals surface area contributed by atoms with Crippen LogP contribution in [0.1, 0.15) is 57.2 Å². The van der Waals surface area contributed by atoms with E-state index in [0.29, 0.717) is 23.5 Å². The number of nitrogens with zero attached hydrogens (tertiary/aromatic N) is 2. The summed E-state index contributed by atoms with van der Waals surface area (Å²) in [6, 6.07) is 4.15. The number of carbonyl (C=O) groups excluding carboxylic acids is 1. The highest BCUT2D eigenvalue weighted by Crippen LogP contribution is 2.51. The van der Waals surface area contributed by atoms with Gasteiger partial charge in [0.25, 0.3) is 0 Å². The van der Waals surface area contributed by atoms with Crippen LogP contribution in [0.4, 0.5) is 0 Å². The van der Waals surface area contributed by atoms with Crippen molar-refractivity contribution < 1.29 is 19.5 Å². The summed E-state index contributed by atoms with van der Waals surface area (Å²) in [5.41, 5.74) is 4.53. The summed E-state index contributed by atoms with van der Waals surface area (Å²) < 4.78 is 11.1. The summed E-state index contributed by atoms with van der Waals surface area (Å²) in [6.07, 6.45) is 2.95. The number of ether oxygens (including phenoxy) is 2. The van der Waals surface area contributed by atoms with E-state index in [0.717, 1.165) is 37.3 Å². The van der Waals surface area contributed by atoms with Crippen LogP contribution >= 0.6 is 0 Å². The van der Waals surface area contributed by atoms with Gasteiger partial charge < -0.3 is 19.6 Å². The van der Waals surface area contributed by atoms with E-state index in [1.807, 2.05) is 0 Å². The first kappa shape index (κ1) is 19.8. The predicted molar refractivity (Wildman–Crippen MR) is 111 cm³/mol. The number of methoxy groups -OCH3 is 2. The molecule has 1 aliphatic carbocycles. The van der Waals surface area contributed by atoms with Gasteiger partial charge in [-0.05, 0) is 47.9 Å². The fourth-order valence-corrected chi connectivity index (χ4v) is 5.41. The van der Waals surface area contributed by atoms with Crippen LogP contribution in [0.25, 0.3) is 0 Å². The fraction of sp³-hybridized carbons (Fsp3) is 0.565. The maximum Gasteiger partial charge on any atom is 0.167 e. The number of rotatable bonds is 3. The quantitative estimate of drug-likeness (QED) is 0.613. The summed E-state index contributed by atoms with van der Waals surface area (Å²) in [6.45, 7) is 7.20. The van der Waals surface area contributed by atoms with Gasteiger partial charge in [-0.3, -0.25) is 4.79 Å². The largest absolute Gasteiger partial charge is 0.493 e. The molecular formula is C23H30N2O4. The second-order valence-electron chi connectivity index (χ2n) is 9.06. The van der Waals surface area contributed by atoms with Crippen molar-refractivity contribution in [2.45, 2.75) is 52.5 Å². The number of fused-ring (bicyclic) bond motifs is 4. The molecule has 29 heavy (non-hydrogen) atoms. The first-order chi connectivity index (χ1) is 13.8. The molecule has 0 unspecified atom stereocenters. The van der Waals surface area contributed by atoms with Crippen molar-refractivity contribution in [1.29, 1.82) is 0 Å². The number of oxime groups is 1. The molecule has 3 aliphatic rings. The zero-order valence-corrected chi connectivity index (χ0v) is 17.9. The molecule has 0 aromatic heterocycles. The van der Waals surface area contributed by atoms with Gasteiger partial charge in [-0.1, -0.05) is 25.9 Å². The topological polar surface area (TPSA) is 71.4 Å². The third kappa shape index (κ3) is 3.00. The minimum absolute atomic E-state index is 0.0231. The van der Waals surface area contributed by atoms with Gasteiger partial charge in [-0.2, -0.15) is 0 Å². The zero-order valence-electron chi connectivity index (χ0n) is 17.9. The molecule has 6 heteroatoms. The number of hydrogen-bond donors (Lipinski definition) is 1. The normalized spacial score (nSPS) is 26.7. The van der Waals surface area contributed by atoms with E-state index in [1.165, 1.54) is 11.1 Å². The van der Waals surface area contributed by atoms with E-state index < -0.39 is 0 Å². The lowest BCUT2D eigenvalue weighted by Crippen LogP contribution is -2.50. The standard InChI is InChI=1S/C23H30N2O4/c1-6-14-21(24-27)20-16(11-23(2,3)12-17(20)26)25-8-7-13-9-18(28-4)19(29-5)10-15(13)22(14)25/h9-10,14,22,27H,6-8,11-12H2,1-5H3/b24-21+/t14-,22+/m0/s1. The second-order valence-corrected chi connectivity index (χ2v) is 9.06. The van der Waals surface area contributed by atoms with Gasteiger partial charge in [-0.25, -0.2) is 0 Å². The Morgan fingerprint density at radius 3 is 2.52 bits per heavy atom. The predicted octanol–water partition coefficient (Wildman–Crippen LogP) is 4.12. The van der Waals surface area contributed by atoms with Crippen LogP contribution in [0.3, 0.4) is 0 Å². The maximum absolute atomic E-state index is 13.1. The Bertz CT molecular complexity index is 916. The van der Waals surface area contributed by atoms with E-state index in [9.17, 15) is 10.0 Å². The van der Waals surface area contributed by atoms with E-state index in [4.69, 9.17) is 9.47 Å². The minimum Gasteiger partial charge on any atom is -0.493 e. The highest BCUT2D eigenvalue weighted by atomic mass is 16.5. The summed E-state index contributed by atoms with van der Waals surface area (Å²) in [4.78, 5) is 15.5. The third-order valence-corrected chi connectivity index (χ3v) is 6.66. The zero-order chi connectivity index (χ0) is 20.9. The Morgan fingerprint density at radius 1 is 1.21 bits per heavy atom. The van der Waals surface area contributed by atoms with Gasteiger partial charge in [0.05, 0.1) is 31.5 Å². The summed E-state index contributed by atoms with van der Waals surface area (Å²) in [5.74, 6) is 1.47. The maximum atomic E-state index is 13.1. The van der Waals surface area contributed by atoms with E-state index in [1.54, 1.807) is 14.2 Å². The highest BCUT2D eigenvalue weighted by molar-refractivity contribution is 6.24. The van der Waals surface area contributed by atoms with Gasteiger partial charge in [0.1, 0.15) is 0 Å². The molecule has 0 spiro atoms. The number of ketones is 1. The van der Waals surface area contributed by atoms with Crippen LogP contribution in [0.5, 0.6) is 11.5 Å². The smallest absolute Gasteiger partial charge is 0.167 e. The van der Waals surface area contributed by atoms with Crippen molar-refractivity contribution in [2.75, 3.05) is 20.8 Å². The summed E-state index contributed by atoms with van der Waals surface area (Å²) in [7, 11) is 3.30. The number of allylic oxidation sites excluding steroid dienone is 2. The van der Waals surface area contributed by atoms with Crippen LogP contribution in [0, 0.1) is 11.3 Å². The van der Waals surface area contributed by atoms with Gasteiger partial charge in [0.2, 0.25) is 0 Å². The van der Waals surface area contributed by atoms with E-state index in [2.05, 4.69) is 43.0 Å². The Balaban J connectivity index is 1.92. The Kier molecular flexibility index (Phi) is 4.83. The average Bonchev–Trinajstić information content (AvgIpc) is 2.70. The molecular weight excluding hydrogens is 368 g/mol. The van der Waals surface area contributed by atoms with Crippen LogP contribution in [-0.2, 0) is 11.2 Å². The number of hydrogen-bond acceptors (Lipinski definition) is 6. The SMILES string of the molecule is CC[C@H]1/C(=N\O)C2=C(CC(C)(C)CC2=O)N2CCc3cc(OC)c(OC)cc3[C@@H]12. The molecule has 6 nitrogen and oxygen atoms in total. The molecule has 0 amide bonds. The Morgan fingerprint density at radius 2 is 1.90 bits per heavy atom. The number of benzene rings is 1. The highest BCUT2D eigenvalue weighted by Gasteiger charge is 2.48. The molecule has 0 fully saturated rings. The van der Waals surface area contributed by atoms with Crippen molar-refractivity contribution in [2.24, 2.45) is 16.5 Å². The van der Waals surface area contributed by atoms with Crippen molar-refractivity contribution in [3.05, 3.63) is 34.5 Å². The Labute approximate surface area is 172 Å². The molecule has 156 valence electrons. The number of Topliss-reactive ketones (excluding diaryl/α,β-unsaturated/α-hetero) is 1. The molecule has 1 aromatic rings. The van der Waals surface area contributed by atoms with Gasteiger partial charge in [0, 0.05) is 24.6 Å². The second kappa shape index (κ2) is 7.08. The van der Waals surface area contributed by atoms with Crippen LogP contribution in [0.15, 0.2) is 28.6 Å². The number of carbonyl (C=O) groups is 1. The lowest BCUT2D eigenvalue weighted by molar-refractivity contribution is -0.118. The monoisotopic (exact) mass is 398 g/mol. The van der Waals surface area contributed by atoms with E-state index >= 15 is 0 Å². The molecule has 0 radical (unpaired) electrons. The Hall–Kier alpha value is -2.50. The van der Waals surface area contributed by atoms with Crippen molar-refractivity contribution in [1.82, 2.24) is 4.90 Å². The molecule has 2 aliphatic heterocycles. The third-order valence-electron chi connectivity index (χ3n) is 6.66. The van der Waals surface area contributed by atoms with Crippen molar-refractivity contribution in [3.8, 4) is 11.5 Å². The molecule has 4 rings (SSSR count). The summed E-state index contributed by atoms with van der Waals surface area (Å²) in [5, 5.41) is 13.6. The molecule has 0 saturated carbocycles. The van der Waals surface area contributed by atoms with Crippen LogP contribution in [0.2, 0.25) is 0 Å². The molecule has 0 saturated heterocycles. The molecule has 2 heterocycles. The summed E-state index contributed by atoms with van der Waals surface area (Å²) >= 11 is 0. The van der Waals surface area contributed by atoms with E-state index in [-0.39, 0.29) is 23.2 Å². The van der Waals surface area contributed by atoms with Gasteiger partial charge in [-0.15, -0.1) is 0 Å². The van der Waals surface area contributed by atoms with Gasteiger partial charge in [0.15, 0.2) is 17.3 Å². The first-order valence-electron chi connectivity index (χ1n) is 10.3. The molecule has 2 atom stereocenters. The van der Waals surface area contributed by atoms with Crippen LogP contribution in [-0.4, -0.2) is 42.4 Å². The lowest BCUT2D eigenvalue weighted by Gasteiger charge is -2.51. The molecule has 0 bridgehead atoms. The van der Waals surface area contributed by atoms with Crippen molar-refractivity contribution in [3.63, 3.8) is 0 Å². The van der Waals surface area contributed by atoms with Gasteiger partial charge >= 0.3 is 0 Å². The van der Waals surface area contributed by atoms with Crippen LogP contribution < -0.4 is 9.47 Å². The minimum atomic E-state index is -0.0992. The fourth-order valence-electron chi connectivity index (χ4n) is 5.41. The molecule has 1 aromatic carbocycles. The molecule has 1 N–H and O–H groups in total. The van der Waals surface area contributed by atoms with Crippen molar-refractivity contribution >= 4 is 11.5 Å². The lowest BCUT2D eigenvalue weighted by atomic mass is 9.67. The average molecular weight is 399 g/mol. The first-order valence-corrected chi connectivity index (χ1v) is 10.3.